The number of hydrogen-bond acceptors (Lipinski definition) is 5. The average molecular weight is 266 g/mol. The van der Waals surface area contributed by atoms with Crippen molar-refractivity contribution in [3.05, 3.63) is 23.9 Å². The minimum atomic E-state index is 0.463. The molecular weight excluding hydrogens is 244 g/mol. The van der Waals surface area contributed by atoms with Gasteiger partial charge >= 0.3 is 0 Å². The van der Waals surface area contributed by atoms with E-state index < -0.39 is 0 Å². The van der Waals surface area contributed by atoms with Crippen molar-refractivity contribution in [3.8, 4) is 0 Å². The van der Waals surface area contributed by atoms with Gasteiger partial charge in [-0.25, -0.2) is 4.98 Å². The first kappa shape index (κ1) is 13.6. The van der Waals surface area contributed by atoms with Crippen LogP contribution >= 0.6 is 11.8 Å². The maximum absolute atomic E-state index is 5.74. The lowest BCUT2D eigenvalue weighted by molar-refractivity contribution is 0.219. The number of nitrogens with two attached hydrogens (primary N) is 1. The second-order valence-electron chi connectivity index (χ2n) is 4.81. The van der Waals surface area contributed by atoms with Crippen LogP contribution in [-0.2, 0) is 6.42 Å². The Morgan fingerprint density at radius 1 is 1.67 bits per heavy atom. The second kappa shape index (κ2) is 6.41. The van der Waals surface area contributed by atoms with Gasteiger partial charge in [-0.05, 0) is 38.2 Å². The van der Waals surface area contributed by atoms with Crippen LogP contribution in [0.25, 0.3) is 0 Å². The first-order valence-electron chi connectivity index (χ1n) is 6.36. The summed E-state index contributed by atoms with van der Waals surface area (Å²) in [7, 11) is 4.26. The highest BCUT2D eigenvalue weighted by atomic mass is 32.2. The molecule has 1 fully saturated rings. The number of nitrogen functional groups attached to an aromatic ring is 1. The predicted octanol–water partition coefficient (Wildman–Crippen LogP) is 0.841. The number of hydrogen-bond donors (Lipinski definition) is 2. The lowest BCUT2D eigenvalue weighted by Gasteiger charge is -2.37. The Morgan fingerprint density at radius 3 is 3.17 bits per heavy atom. The third-order valence-electron chi connectivity index (χ3n) is 3.58. The Morgan fingerprint density at radius 2 is 2.50 bits per heavy atom. The van der Waals surface area contributed by atoms with Crippen LogP contribution in [0.2, 0.25) is 0 Å². The van der Waals surface area contributed by atoms with Gasteiger partial charge in [-0.3, -0.25) is 0 Å². The SMILES string of the molecule is CNC(Cc1ccnc(N)c1)C1CSCCN1C. The van der Waals surface area contributed by atoms with E-state index in [9.17, 15) is 0 Å². The van der Waals surface area contributed by atoms with Gasteiger partial charge in [-0.2, -0.15) is 11.8 Å². The predicted molar refractivity (Wildman–Crippen MR) is 78.9 cm³/mol. The molecule has 100 valence electrons. The minimum absolute atomic E-state index is 0.463. The number of thioether (sulfide) groups is 1. The minimum Gasteiger partial charge on any atom is -0.384 e. The van der Waals surface area contributed by atoms with E-state index in [1.165, 1.54) is 23.6 Å². The number of likely N-dealkylation sites (N-methyl/N-ethyl adjacent to an activating group) is 2. The molecule has 2 rings (SSSR count). The smallest absolute Gasteiger partial charge is 0.123 e. The second-order valence-corrected chi connectivity index (χ2v) is 5.96. The maximum atomic E-state index is 5.74. The molecule has 0 spiro atoms. The number of anilines is 1. The van der Waals surface area contributed by atoms with Crippen molar-refractivity contribution in [2.75, 3.05) is 37.9 Å². The summed E-state index contributed by atoms with van der Waals surface area (Å²) in [6.07, 6.45) is 2.79. The van der Waals surface area contributed by atoms with E-state index in [2.05, 4.69) is 28.3 Å². The standard InChI is InChI=1S/C13H22N4S/c1-15-11(12-9-18-6-5-17(12)2)7-10-3-4-16-13(14)8-10/h3-4,8,11-12,15H,5-7,9H2,1-2H3,(H2,14,16). The summed E-state index contributed by atoms with van der Waals surface area (Å²) in [6, 6.07) is 5.07. The summed E-state index contributed by atoms with van der Waals surface area (Å²) >= 11 is 2.05. The zero-order valence-electron chi connectivity index (χ0n) is 11.1. The summed E-state index contributed by atoms with van der Waals surface area (Å²) in [5.74, 6) is 3.04. The fourth-order valence-corrected chi connectivity index (χ4v) is 3.75. The molecule has 0 aliphatic carbocycles. The largest absolute Gasteiger partial charge is 0.384 e. The Hall–Kier alpha value is -0.780. The van der Waals surface area contributed by atoms with Crippen LogP contribution in [0.1, 0.15) is 5.56 Å². The Balaban J connectivity index is 2.04. The molecule has 0 radical (unpaired) electrons. The van der Waals surface area contributed by atoms with E-state index in [4.69, 9.17) is 5.73 Å². The van der Waals surface area contributed by atoms with Crippen molar-refractivity contribution in [3.63, 3.8) is 0 Å². The van der Waals surface area contributed by atoms with Crippen LogP contribution in [0.5, 0.6) is 0 Å². The molecule has 4 nitrogen and oxygen atoms in total. The quantitative estimate of drug-likeness (QED) is 0.846. The maximum Gasteiger partial charge on any atom is 0.123 e. The van der Waals surface area contributed by atoms with E-state index in [1.54, 1.807) is 6.20 Å². The fraction of sp³-hybridized carbons (Fsp3) is 0.615. The average Bonchev–Trinajstić information content (AvgIpc) is 2.37. The van der Waals surface area contributed by atoms with Gasteiger partial charge in [-0.15, -0.1) is 0 Å². The topological polar surface area (TPSA) is 54.2 Å². The van der Waals surface area contributed by atoms with Gasteiger partial charge in [-0.1, -0.05) is 0 Å². The fourth-order valence-electron chi connectivity index (χ4n) is 2.43. The Bertz CT molecular complexity index is 385. The first-order valence-corrected chi connectivity index (χ1v) is 7.52. The number of nitrogens with one attached hydrogen (secondary N) is 1. The zero-order chi connectivity index (χ0) is 13.0. The third-order valence-corrected chi connectivity index (χ3v) is 4.63. The van der Waals surface area contributed by atoms with E-state index in [1.807, 2.05) is 24.9 Å². The monoisotopic (exact) mass is 266 g/mol. The van der Waals surface area contributed by atoms with E-state index in [0.717, 1.165) is 6.42 Å². The lowest BCUT2D eigenvalue weighted by Crippen LogP contribution is -2.52. The van der Waals surface area contributed by atoms with E-state index in [0.29, 0.717) is 17.9 Å². The molecule has 1 aliphatic heterocycles. The van der Waals surface area contributed by atoms with Gasteiger partial charge in [0.1, 0.15) is 5.82 Å². The normalized spacial score (nSPS) is 22.9. The van der Waals surface area contributed by atoms with Crippen molar-refractivity contribution in [1.29, 1.82) is 0 Å². The molecule has 2 unspecified atom stereocenters. The van der Waals surface area contributed by atoms with Gasteiger partial charge in [0.2, 0.25) is 0 Å². The molecule has 2 heterocycles. The molecule has 5 heteroatoms. The molecule has 0 saturated carbocycles. The van der Waals surface area contributed by atoms with E-state index >= 15 is 0 Å². The third kappa shape index (κ3) is 3.37. The van der Waals surface area contributed by atoms with Crippen molar-refractivity contribution >= 4 is 17.6 Å². The molecule has 0 bridgehead atoms. The highest BCUT2D eigenvalue weighted by molar-refractivity contribution is 7.99. The van der Waals surface area contributed by atoms with Gasteiger partial charge in [0, 0.05) is 36.3 Å². The molecular formula is C13H22N4S. The highest BCUT2D eigenvalue weighted by Crippen LogP contribution is 2.19. The molecule has 1 aromatic rings. The van der Waals surface area contributed by atoms with Crippen LogP contribution < -0.4 is 11.1 Å². The summed E-state index contributed by atoms with van der Waals surface area (Å²) < 4.78 is 0. The molecule has 0 aromatic carbocycles. The van der Waals surface area contributed by atoms with Crippen molar-refractivity contribution in [2.24, 2.45) is 0 Å². The van der Waals surface area contributed by atoms with Crippen LogP contribution in [0.15, 0.2) is 18.3 Å². The number of aromatic nitrogens is 1. The Labute approximate surface area is 113 Å². The van der Waals surface area contributed by atoms with Gasteiger partial charge < -0.3 is 16.0 Å². The molecule has 18 heavy (non-hydrogen) atoms. The molecule has 3 N–H and O–H groups in total. The summed E-state index contributed by atoms with van der Waals surface area (Å²) in [5, 5.41) is 3.45. The van der Waals surface area contributed by atoms with Crippen molar-refractivity contribution in [1.82, 2.24) is 15.2 Å². The van der Waals surface area contributed by atoms with E-state index in [-0.39, 0.29) is 0 Å². The summed E-state index contributed by atoms with van der Waals surface area (Å²) in [4.78, 5) is 6.50. The van der Waals surface area contributed by atoms with Gasteiger partial charge in [0.05, 0.1) is 0 Å². The number of nitrogens with zero attached hydrogens (tertiary/aromatic N) is 2. The van der Waals surface area contributed by atoms with Crippen molar-refractivity contribution < 1.29 is 0 Å². The molecule has 1 saturated heterocycles. The first-order chi connectivity index (χ1) is 8.70. The molecule has 2 atom stereocenters. The zero-order valence-corrected chi connectivity index (χ0v) is 11.9. The Kier molecular flexibility index (Phi) is 4.86. The number of rotatable bonds is 4. The summed E-state index contributed by atoms with van der Waals surface area (Å²) in [6.45, 7) is 1.17. The van der Waals surface area contributed by atoms with Crippen LogP contribution in [0.4, 0.5) is 5.82 Å². The van der Waals surface area contributed by atoms with Crippen LogP contribution in [-0.4, -0.2) is 54.1 Å². The molecule has 1 aromatic heterocycles. The van der Waals surface area contributed by atoms with Crippen LogP contribution in [0, 0.1) is 0 Å². The van der Waals surface area contributed by atoms with Crippen molar-refractivity contribution in [2.45, 2.75) is 18.5 Å². The van der Waals surface area contributed by atoms with Crippen LogP contribution in [0.3, 0.4) is 0 Å². The highest BCUT2D eigenvalue weighted by Gasteiger charge is 2.26. The number of pyridine rings is 1. The lowest BCUT2D eigenvalue weighted by atomic mass is 10.00. The molecule has 0 amide bonds. The van der Waals surface area contributed by atoms with Gasteiger partial charge in [0.15, 0.2) is 0 Å². The van der Waals surface area contributed by atoms with Gasteiger partial charge in [0.25, 0.3) is 0 Å². The summed E-state index contributed by atoms with van der Waals surface area (Å²) in [5.41, 5.74) is 6.99. The molecule has 1 aliphatic rings.